The molecular formula is C22H19ClN3O+. The smallest absolute Gasteiger partial charge is 0.273 e. The molecule has 134 valence electrons. The third-order valence-corrected chi connectivity index (χ3v) is 4.79. The molecule has 0 radical (unpaired) electrons. The molecule has 3 N–H and O–H groups in total. The molecule has 4 aromatic rings. The highest BCUT2D eigenvalue weighted by Crippen LogP contribution is 2.36. The molecule has 27 heavy (non-hydrogen) atoms. The second-order valence-corrected chi connectivity index (χ2v) is 6.89. The van der Waals surface area contributed by atoms with Gasteiger partial charge in [0, 0.05) is 33.8 Å². The molecular weight excluding hydrogens is 358 g/mol. The van der Waals surface area contributed by atoms with Crippen LogP contribution in [0.3, 0.4) is 0 Å². The Labute approximate surface area is 162 Å². The molecule has 0 bridgehead atoms. The predicted octanol–water partition coefficient (Wildman–Crippen LogP) is 4.92. The summed E-state index contributed by atoms with van der Waals surface area (Å²) in [4.78, 5) is 7.66. The Balaban J connectivity index is 1.84. The number of aryl methyl sites for hydroxylation is 1. The fraction of sp³-hybridized carbons (Fsp3) is 0.0909. The highest BCUT2D eigenvalue weighted by atomic mass is 35.5. The first-order chi connectivity index (χ1) is 13.1. The van der Waals surface area contributed by atoms with E-state index in [0.29, 0.717) is 10.5 Å². The van der Waals surface area contributed by atoms with Gasteiger partial charge in [0.15, 0.2) is 0 Å². The molecule has 5 heteroatoms. The zero-order chi connectivity index (χ0) is 18.8. The number of halogens is 1. The molecule has 0 aliphatic heterocycles. The first-order valence-electron chi connectivity index (χ1n) is 8.69. The van der Waals surface area contributed by atoms with Crippen molar-refractivity contribution in [1.29, 1.82) is 0 Å². The molecule has 0 aliphatic carbocycles. The van der Waals surface area contributed by atoms with E-state index in [2.05, 4.69) is 15.3 Å². The number of benzene rings is 2. The van der Waals surface area contributed by atoms with E-state index in [9.17, 15) is 5.11 Å². The average Bonchev–Trinajstić information content (AvgIpc) is 2.68. The van der Waals surface area contributed by atoms with Crippen molar-refractivity contribution >= 4 is 28.3 Å². The number of anilines is 1. The van der Waals surface area contributed by atoms with Crippen molar-refractivity contribution in [2.75, 3.05) is 5.32 Å². The second kappa shape index (κ2) is 7.25. The summed E-state index contributed by atoms with van der Waals surface area (Å²) >= 11 is 6.07. The Hall–Kier alpha value is -3.11. The minimum atomic E-state index is -0.272. The number of pyridine rings is 2. The summed E-state index contributed by atoms with van der Waals surface area (Å²) in [7, 11) is 0. The molecule has 1 atom stereocenters. The van der Waals surface area contributed by atoms with Crippen molar-refractivity contribution in [3.8, 4) is 5.75 Å². The minimum absolute atomic E-state index is 0.174. The number of hydrogen-bond donors (Lipinski definition) is 2. The van der Waals surface area contributed by atoms with Crippen LogP contribution in [-0.2, 0) is 0 Å². The lowest BCUT2D eigenvalue weighted by Crippen LogP contribution is -2.20. The lowest BCUT2D eigenvalue weighted by Gasteiger charge is -2.18. The van der Waals surface area contributed by atoms with Gasteiger partial charge in [-0.15, -0.1) is 0 Å². The van der Waals surface area contributed by atoms with E-state index in [0.717, 1.165) is 28.0 Å². The van der Waals surface area contributed by atoms with Gasteiger partial charge in [-0.25, -0.2) is 4.98 Å². The van der Waals surface area contributed by atoms with Crippen LogP contribution in [0.1, 0.15) is 22.9 Å². The number of rotatable bonds is 4. The minimum Gasteiger partial charge on any atom is -0.505 e. The van der Waals surface area contributed by atoms with Crippen molar-refractivity contribution in [3.63, 3.8) is 0 Å². The van der Waals surface area contributed by atoms with Crippen molar-refractivity contribution in [2.24, 2.45) is 0 Å². The summed E-state index contributed by atoms with van der Waals surface area (Å²) in [6, 6.07) is 21.0. The van der Waals surface area contributed by atoms with Gasteiger partial charge in [-0.1, -0.05) is 41.9 Å². The zero-order valence-corrected chi connectivity index (χ0v) is 15.5. The monoisotopic (exact) mass is 376 g/mol. The third-order valence-electron chi connectivity index (χ3n) is 4.53. The summed E-state index contributed by atoms with van der Waals surface area (Å²) in [5, 5.41) is 16.0. The number of aromatic nitrogens is 2. The van der Waals surface area contributed by atoms with Gasteiger partial charge in [-0.2, -0.15) is 0 Å². The number of aromatic amines is 1. The van der Waals surface area contributed by atoms with Crippen LogP contribution >= 0.6 is 11.6 Å². The topological polar surface area (TPSA) is 59.3 Å². The van der Waals surface area contributed by atoms with E-state index < -0.39 is 0 Å². The fourth-order valence-electron chi connectivity index (χ4n) is 3.20. The molecule has 0 spiro atoms. The molecule has 2 aromatic heterocycles. The summed E-state index contributed by atoms with van der Waals surface area (Å²) in [5.41, 5.74) is 3.36. The molecule has 0 unspecified atom stereocenters. The molecule has 4 rings (SSSR count). The second-order valence-electron chi connectivity index (χ2n) is 6.45. The van der Waals surface area contributed by atoms with Gasteiger partial charge in [-0.3, -0.25) is 10.3 Å². The molecule has 2 heterocycles. The van der Waals surface area contributed by atoms with E-state index in [1.165, 1.54) is 0 Å². The van der Waals surface area contributed by atoms with Crippen molar-refractivity contribution in [1.82, 2.24) is 4.98 Å². The number of aromatic hydroxyl groups is 1. The number of phenolic OH excluding ortho intramolecular Hbond substituents is 1. The Morgan fingerprint density at radius 1 is 1.00 bits per heavy atom. The lowest BCUT2D eigenvalue weighted by molar-refractivity contribution is -0.371. The van der Waals surface area contributed by atoms with Gasteiger partial charge >= 0.3 is 0 Å². The molecule has 0 amide bonds. The standard InChI is InChI=1S/C22H18ClN3O/c1-14-4-2-6-19(25-14)26-20(16-7-10-17(23)11-8-16)18-12-9-15-5-3-13-24-21(15)22(18)27/h2-13,20,27H,1H3,(H,25,26)/p+1/t20-/m0/s1. The first kappa shape index (κ1) is 17.3. The van der Waals surface area contributed by atoms with Crippen molar-refractivity contribution in [2.45, 2.75) is 13.0 Å². The molecule has 0 aliphatic rings. The van der Waals surface area contributed by atoms with Crippen LogP contribution in [0.4, 0.5) is 5.82 Å². The van der Waals surface area contributed by atoms with Gasteiger partial charge in [0.1, 0.15) is 17.3 Å². The summed E-state index contributed by atoms with van der Waals surface area (Å²) in [6.45, 7) is 2.00. The van der Waals surface area contributed by atoms with Crippen LogP contribution in [0.15, 0.2) is 72.9 Å². The number of H-pyrrole nitrogens is 1. The number of nitrogens with zero attached hydrogens (tertiary/aromatic N) is 1. The quantitative estimate of drug-likeness (QED) is 0.531. The number of nitrogens with one attached hydrogen (secondary N) is 2. The fourth-order valence-corrected chi connectivity index (χ4v) is 3.32. The van der Waals surface area contributed by atoms with E-state index in [4.69, 9.17) is 11.6 Å². The van der Waals surface area contributed by atoms with Crippen molar-refractivity contribution in [3.05, 3.63) is 94.8 Å². The van der Waals surface area contributed by atoms with Gasteiger partial charge < -0.3 is 5.11 Å². The van der Waals surface area contributed by atoms with E-state index in [1.807, 2.05) is 73.7 Å². The van der Waals surface area contributed by atoms with Gasteiger partial charge in [0.2, 0.25) is 0 Å². The maximum absolute atomic E-state index is 10.9. The Morgan fingerprint density at radius 2 is 1.81 bits per heavy atom. The summed E-state index contributed by atoms with van der Waals surface area (Å²) < 4.78 is 0. The van der Waals surface area contributed by atoms with Crippen LogP contribution in [0, 0.1) is 6.92 Å². The Bertz CT molecular complexity index is 1100. The van der Waals surface area contributed by atoms with Gasteiger partial charge in [0.25, 0.3) is 5.82 Å². The van der Waals surface area contributed by atoms with Gasteiger partial charge in [0.05, 0.1) is 5.69 Å². The van der Waals surface area contributed by atoms with Crippen LogP contribution < -0.4 is 10.3 Å². The van der Waals surface area contributed by atoms with Crippen LogP contribution in [-0.4, -0.2) is 10.1 Å². The number of hydrogen-bond acceptors (Lipinski definition) is 3. The lowest BCUT2D eigenvalue weighted by atomic mass is 9.96. The van der Waals surface area contributed by atoms with E-state index in [1.54, 1.807) is 6.20 Å². The first-order valence-corrected chi connectivity index (χ1v) is 9.07. The SMILES string of the molecule is Cc1cccc(N[C@@H](c2ccc(Cl)cc2)c2ccc3cccnc3c2O)[nH+]1. The molecule has 0 fully saturated rings. The van der Waals surface area contributed by atoms with Crippen LogP contribution in [0.25, 0.3) is 10.9 Å². The van der Waals surface area contributed by atoms with E-state index >= 15 is 0 Å². The van der Waals surface area contributed by atoms with Crippen molar-refractivity contribution < 1.29 is 10.1 Å². The highest BCUT2D eigenvalue weighted by molar-refractivity contribution is 6.30. The summed E-state index contributed by atoms with van der Waals surface area (Å²) in [6.07, 6.45) is 1.69. The average molecular weight is 377 g/mol. The normalized spacial score (nSPS) is 12.1. The maximum Gasteiger partial charge on any atom is 0.273 e. The molecule has 0 saturated heterocycles. The number of fused-ring (bicyclic) bond motifs is 1. The number of phenols is 1. The van der Waals surface area contributed by atoms with Gasteiger partial charge in [-0.05, 0) is 37.3 Å². The van der Waals surface area contributed by atoms with Crippen LogP contribution in [0.5, 0.6) is 5.75 Å². The molecule has 4 nitrogen and oxygen atoms in total. The maximum atomic E-state index is 10.9. The molecule has 0 saturated carbocycles. The van der Waals surface area contributed by atoms with E-state index in [-0.39, 0.29) is 11.8 Å². The third kappa shape index (κ3) is 3.57. The molecule has 2 aromatic carbocycles. The highest BCUT2D eigenvalue weighted by Gasteiger charge is 2.24. The van der Waals surface area contributed by atoms with Crippen LogP contribution in [0.2, 0.25) is 5.02 Å². The zero-order valence-electron chi connectivity index (χ0n) is 14.8. The summed E-state index contributed by atoms with van der Waals surface area (Å²) in [5.74, 6) is 1.03. The Morgan fingerprint density at radius 3 is 2.59 bits per heavy atom. The largest absolute Gasteiger partial charge is 0.505 e. The predicted molar refractivity (Wildman–Crippen MR) is 108 cm³/mol. The Kier molecular flexibility index (Phi) is 4.65.